The van der Waals surface area contributed by atoms with Crippen LogP contribution in [0.3, 0.4) is 0 Å². The topological polar surface area (TPSA) is 136 Å². The fourth-order valence-corrected chi connectivity index (χ4v) is 4.25. The van der Waals surface area contributed by atoms with Crippen molar-refractivity contribution in [1.82, 2.24) is 20.0 Å². The third-order valence-corrected chi connectivity index (χ3v) is 5.83. The summed E-state index contributed by atoms with van der Waals surface area (Å²) >= 11 is 0. The summed E-state index contributed by atoms with van der Waals surface area (Å²) in [6.07, 6.45) is 6.18. The lowest BCUT2D eigenvalue weighted by atomic mass is 9.75. The number of Topliss-reactive ketones (excluding diaryl/α,β-unsaturated/α-hetero) is 1. The zero-order valence-corrected chi connectivity index (χ0v) is 17.9. The van der Waals surface area contributed by atoms with Crippen LogP contribution in [0.2, 0.25) is 0 Å². The lowest BCUT2D eigenvalue weighted by Gasteiger charge is -2.29. The molecular formula is C23H26N6O3. The van der Waals surface area contributed by atoms with E-state index >= 15 is 0 Å². The monoisotopic (exact) mass is 434 g/mol. The number of amides is 2. The summed E-state index contributed by atoms with van der Waals surface area (Å²) in [5.41, 5.74) is 8.97. The molecule has 0 radical (unpaired) electrons. The first-order chi connectivity index (χ1) is 15.4. The maximum Gasteiger partial charge on any atom is 0.239 e. The fourth-order valence-electron chi connectivity index (χ4n) is 4.25. The molecule has 1 aromatic carbocycles. The SMILES string of the molecule is Cc1cc(-c2ccc(C(=O)[C@@H]3CCCC[C@H]3C(=O)Nc3cnn(CC(N)=O)c3)cc2)n[nH]1. The normalized spacial score (nSPS) is 18.3. The molecule has 0 saturated heterocycles. The molecule has 9 nitrogen and oxygen atoms in total. The summed E-state index contributed by atoms with van der Waals surface area (Å²) in [5, 5.41) is 14.0. The second-order valence-electron chi connectivity index (χ2n) is 8.26. The average Bonchev–Trinajstić information content (AvgIpc) is 3.41. The van der Waals surface area contributed by atoms with Gasteiger partial charge in [-0.25, -0.2) is 0 Å². The van der Waals surface area contributed by atoms with Gasteiger partial charge in [-0.15, -0.1) is 0 Å². The van der Waals surface area contributed by atoms with Crippen molar-refractivity contribution >= 4 is 23.3 Å². The number of carbonyl (C=O) groups excluding carboxylic acids is 3. The Balaban J connectivity index is 1.46. The van der Waals surface area contributed by atoms with Crippen molar-refractivity contribution in [2.75, 3.05) is 5.32 Å². The third-order valence-electron chi connectivity index (χ3n) is 5.83. The van der Waals surface area contributed by atoms with Gasteiger partial charge in [-0.1, -0.05) is 37.1 Å². The summed E-state index contributed by atoms with van der Waals surface area (Å²) in [5.74, 6) is -1.52. The van der Waals surface area contributed by atoms with Crippen LogP contribution in [-0.2, 0) is 16.1 Å². The molecule has 166 valence electrons. The Kier molecular flexibility index (Phi) is 6.16. The molecule has 32 heavy (non-hydrogen) atoms. The minimum Gasteiger partial charge on any atom is -0.368 e. The van der Waals surface area contributed by atoms with Crippen molar-refractivity contribution in [2.24, 2.45) is 17.6 Å². The summed E-state index contributed by atoms with van der Waals surface area (Å²) in [6.45, 7) is 1.87. The quantitative estimate of drug-likeness (QED) is 0.491. The van der Waals surface area contributed by atoms with Crippen molar-refractivity contribution < 1.29 is 14.4 Å². The van der Waals surface area contributed by atoms with Crippen molar-refractivity contribution in [3.05, 3.63) is 54.0 Å². The molecule has 2 heterocycles. The Morgan fingerprint density at radius 2 is 1.88 bits per heavy atom. The number of benzene rings is 1. The Hall–Kier alpha value is -3.75. The molecule has 0 spiro atoms. The Morgan fingerprint density at radius 3 is 2.53 bits per heavy atom. The molecule has 1 fully saturated rings. The van der Waals surface area contributed by atoms with Gasteiger partial charge in [-0.2, -0.15) is 10.2 Å². The Morgan fingerprint density at radius 1 is 1.16 bits per heavy atom. The number of primary amides is 1. The standard InChI is InChI=1S/C23H26N6O3/c1-14-10-20(28-27-14)15-6-8-16(9-7-15)22(31)18-4-2-3-5-19(18)23(32)26-17-11-25-29(12-17)13-21(24)30/h6-12,18-19H,2-5,13H2,1H3,(H2,24,30)(H,26,32)(H,27,28)/t18-,19-/m1/s1. The summed E-state index contributed by atoms with van der Waals surface area (Å²) < 4.78 is 1.36. The van der Waals surface area contributed by atoms with Gasteiger partial charge in [0.2, 0.25) is 11.8 Å². The van der Waals surface area contributed by atoms with Crippen molar-refractivity contribution in [3.8, 4) is 11.3 Å². The van der Waals surface area contributed by atoms with E-state index in [9.17, 15) is 14.4 Å². The van der Waals surface area contributed by atoms with E-state index in [1.807, 2.05) is 25.1 Å². The Labute approximate surface area is 185 Å². The number of carbonyl (C=O) groups is 3. The lowest BCUT2D eigenvalue weighted by molar-refractivity contribution is -0.122. The molecule has 3 aromatic rings. The van der Waals surface area contributed by atoms with Crippen molar-refractivity contribution in [3.63, 3.8) is 0 Å². The number of aryl methyl sites for hydroxylation is 1. The van der Waals surface area contributed by atoms with E-state index in [-0.39, 0.29) is 24.2 Å². The smallest absolute Gasteiger partial charge is 0.239 e. The van der Waals surface area contributed by atoms with E-state index < -0.39 is 11.8 Å². The van der Waals surface area contributed by atoms with Gasteiger partial charge in [0.05, 0.1) is 17.6 Å². The largest absolute Gasteiger partial charge is 0.368 e. The minimum atomic E-state index is -0.516. The molecule has 4 N–H and O–H groups in total. The Bertz CT molecular complexity index is 1130. The maximum absolute atomic E-state index is 13.3. The van der Waals surface area contributed by atoms with Crippen LogP contribution in [-0.4, -0.2) is 37.6 Å². The third kappa shape index (κ3) is 4.77. The first kappa shape index (κ1) is 21.5. The van der Waals surface area contributed by atoms with E-state index in [1.165, 1.54) is 10.9 Å². The number of rotatable bonds is 7. The zero-order valence-electron chi connectivity index (χ0n) is 17.9. The minimum absolute atomic E-state index is 0.0148. The molecule has 4 rings (SSSR count). The van der Waals surface area contributed by atoms with Gasteiger partial charge in [0, 0.05) is 34.9 Å². The highest BCUT2D eigenvalue weighted by Gasteiger charge is 2.36. The van der Waals surface area contributed by atoms with Gasteiger partial charge < -0.3 is 11.1 Å². The summed E-state index contributed by atoms with van der Waals surface area (Å²) in [4.78, 5) is 37.3. The van der Waals surface area contributed by atoms with Gasteiger partial charge >= 0.3 is 0 Å². The molecule has 2 amide bonds. The number of ketones is 1. The molecule has 1 aliphatic carbocycles. The van der Waals surface area contributed by atoms with Crippen LogP contribution in [0.15, 0.2) is 42.7 Å². The first-order valence-electron chi connectivity index (χ1n) is 10.7. The number of nitrogens with two attached hydrogens (primary N) is 1. The highest BCUT2D eigenvalue weighted by atomic mass is 16.2. The average molecular weight is 435 g/mol. The number of aromatic amines is 1. The first-order valence-corrected chi connectivity index (χ1v) is 10.7. The molecule has 1 saturated carbocycles. The number of anilines is 1. The van der Waals surface area contributed by atoms with Crippen LogP contribution in [0.5, 0.6) is 0 Å². The molecule has 0 aliphatic heterocycles. The molecule has 1 aliphatic rings. The molecule has 2 aromatic heterocycles. The van der Waals surface area contributed by atoms with Crippen molar-refractivity contribution in [1.29, 1.82) is 0 Å². The molecule has 9 heteroatoms. The van der Waals surface area contributed by atoms with Gasteiger partial charge in [-0.05, 0) is 25.8 Å². The zero-order chi connectivity index (χ0) is 22.7. The lowest BCUT2D eigenvalue weighted by Crippen LogP contribution is -2.36. The number of H-pyrrole nitrogens is 1. The van der Waals surface area contributed by atoms with E-state index in [2.05, 4.69) is 20.6 Å². The van der Waals surface area contributed by atoms with Crippen LogP contribution in [0, 0.1) is 18.8 Å². The fraction of sp³-hybridized carbons (Fsp3) is 0.348. The van der Waals surface area contributed by atoms with Crippen LogP contribution < -0.4 is 11.1 Å². The second kappa shape index (κ2) is 9.17. The van der Waals surface area contributed by atoms with Crippen LogP contribution >= 0.6 is 0 Å². The molecule has 0 unspecified atom stereocenters. The predicted octanol–water partition coefficient (Wildman–Crippen LogP) is 2.69. The highest BCUT2D eigenvalue weighted by molar-refractivity contribution is 6.03. The number of aromatic nitrogens is 4. The van der Waals surface area contributed by atoms with Gasteiger partial charge in [0.15, 0.2) is 5.78 Å². The highest BCUT2D eigenvalue weighted by Crippen LogP contribution is 2.34. The van der Waals surface area contributed by atoms with Gasteiger partial charge in [0.25, 0.3) is 0 Å². The van der Waals surface area contributed by atoms with E-state index in [4.69, 9.17) is 5.73 Å². The van der Waals surface area contributed by atoms with Crippen LogP contribution in [0.4, 0.5) is 5.69 Å². The van der Waals surface area contributed by atoms with Crippen molar-refractivity contribution in [2.45, 2.75) is 39.2 Å². The van der Waals surface area contributed by atoms with Gasteiger partial charge in [-0.3, -0.25) is 24.2 Å². The van der Waals surface area contributed by atoms with E-state index in [0.29, 0.717) is 24.1 Å². The number of hydrogen-bond acceptors (Lipinski definition) is 5. The predicted molar refractivity (Wildman–Crippen MR) is 119 cm³/mol. The van der Waals surface area contributed by atoms with E-state index in [1.54, 1.807) is 18.3 Å². The van der Waals surface area contributed by atoms with E-state index in [0.717, 1.165) is 29.8 Å². The maximum atomic E-state index is 13.3. The molecular weight excluding hydrogens is 408 g/mol. The summed E-state index contributed by atoms with van der Waals surface area (Å²) in [7, 11) is 0. The van der Waals surface area contributed by atoms with Crippen LogP contribution in [0.25, 0.3) is 11.3 Å². The number of nitrogens with zero attached hydrogens (tertiary/aromatic N) is 3. The number of hydrogen-bond donors (Lipinski definition) is 3. The number of nitrogens with one attached hydrogen (secondary N) is 2. The summed E-state index contributed by atoms with van der Waals surface area (Å²) in [6, 6.07) is 9.32. The molecule has 2 atom stereocenters. The second-order valence-corrected chi connectivity index (χ2v) is 8.26. The van der Waals surface area contributed by atoms with Gasteiger partial charge in [0.1, 0.15) is 6.54 Å². The molecule has 0 bridgehead atoms. The van der Waals surface area contributed by atoms with Crippen LogP contribution in [0.1, 0.15) is 41.7 Å².